The highest BCUT2D eigenvalue weighted by Crippen LogP contribution is 2.32. The van der Waals surface area contributed by atoms with Gasteiger partial charge < -0.3 is 24.6 Å². The molecule has 7 heteroatoms. The van der Waals surface area contributed by atoms with Crippen LogP contribution in [0.5, 0.6) is 11.5 Å². The summed E-state index contributed by atoms with van der Waals surface area (Å²) in [6.45, 7) is 8.00. The van der Waals surface area contributed by atoms with Gasteiger partial charge >= 0.3 is 6.03 Å². The fraction of sp³-hybridized carbons (Fsp3) is 0.579. The molecule has 3 amide bonds. The maximum Gasteiger partial charge on any atom is 0.317 e. The van der Waals surface area contributed by atoms with Gasteiger partial charge in [-0.3, -0.25) is 4.79 Å². The fourth-order valence-electron chi connectivity index (χ4n) is 3.16. The number of amides is 3. The van der Waals surface area contributed by atoms with E-state index in [-0.39, 0.29) is 18.0 Å². The molecule has 0 aromatic heterocycles. The van der Waals surface area contributed by atoms with Gasteiger partial charge in [0.25, 0.3) is 5.91 Å². The highest BCUT2D eigenvalue weighted by atomic mass is 16.5. The highest BCUT2D eigenvalue weighted by molar-refractivity contribution is 5.97. The number of nitrogens with one attached hydrogen (secondary N) is 1. The molecule has 1 aromatic carbocycles. The minimum atomic E-state index is -0.0845. The third-order valence-corrected chi connectivity index (χ3v) is 4.49. The molecule has 0 spiro atoms. The Morgan fingerprint density at radius 1 is 1.04 bits per heavy atom. The van der Waals surface area contributed by atoms with Gasteiger partial charge in [0.15, 0.2) is 0 Å². The molecule has 0 aliphatic carbocycles. The molecule has 0 unspecified atom stereocenters. The van der Waals surface area contributed by atoms with E-state index in [1.54, 1.807) is 36.2 Å². The lowest BCUT2D eigenvalue weighted by Gasteiger charge is -2.24. The van der Waals surface area contributed by atoms with Crippen LogP contribution in [-0.2, 0) is 0 Å². The molecule has 1 N–H and O–H groups in total. The van der Waals surface area contributed by atoms with E-state index in [1.807, 2.05) is 20.8 Å². The van der Waals surface area contributed by atoms with E-state index in [9.17, 15) is 9.59 Å². The zero-order chi connectivity index (χ0) is 19.3. The Labute approximate surface area is 155 Å². The highest BCUT2D eigenvalue weighted by Gasteiger charge is 2.26. The minimum Gasteiger partial charge on any atom is -0.496 e. The lowest BCUT2D eigenvalue weighted by molar-refractivity contribution is 0.0758. The normalized spacial score (nSPS) is 14.8. The van der Waals surface area contributed by atoms with Crippen LogP contribution >= 0.6 is 0 Å². The average molecular weight is 363 g/mol. The van der Waals surface area contributed by atoms with Crippen molar-refractivity contribution in [2.45, 2.75) is 33.2 Å². The van der Waals surface area contributed by atoms with Crippen molar-refractivity contribution in [2.75, 3.05) is 40.4 Å². The summed E-state index contributed by atoms with van der Waals surface area (Å²) in [5.41, 5.74) is 1.32. The summed E-state index contributed by atoms with van der Waals surface area (Å²) in [6.07, 6.45) is 0.745. The van der Waals surface area contributed by atoms with E-state index < -0.39 is 0 Å². The Bertz CT molecular complexity index is 660. The molecule has 0 bridgehead atoms. The predicted molar refractivity (Wildman–Crippen MR) is 100 cm³/mol. The first-order valence-electron chi connectivity index (χ1n) is 8.95. The van der Waals surface area contributed by atoms with Crippen LogP contribution in [0.2, 0.25) is 0 Å². The molecule has 1 aliphatic rings. The summed E-state index contributed by atoms with van der Waals surface area (Å²) in [4.78, 5) is 28.8. The van der Waals surface area contributed by atoms with E-state index in [4.69, 9.17) is 9.47 Å². The summed E-state index contributed by atoms with van der Waals surface area (Å²) in [5.74, 6) is 1.14. The monoisotopic (exact) mass is 363 g/mol. The lowest BCUT2D eigenvalue weighted by Crippen LogP contribution is -2.44. The Hall–Kier alpha value is -2.44. The van der Waals surface area contributed by atoms with Crippen molar-refractivity contribution in [2.24, 2.45) is 0 Å². The Balaban J connectivity index is 2.13. The molecule has 2 rings (SSSR count). The van der Waals surface area contributed by atoms with Gasteiger partial charge in [-0.1, -0.05) is 0 Å². The van der Waals surface area contributed by atoms with Gasteiger partial charge in [0.2, 0.25) is 0 Å². The van der Waals surface area contributed by atoms with E-state index in [1.165, 1.54) is 0 Å². The first-order chi connectivity index (χ1) is 12.4. The number of carbonyl (C=O) groups excluding carboxylic acids is 2. The van der Waals surface area contributed by atoms with Gasteiger partial charge in [0.1, 0.15) is 11.5 Å². The van der Waals surface area contributed by atoms with E-state index in [0.29, 0.717) is 43.2 Å². The number of urea groups is 1. The molecule has 1 aliphatic heterocycles. The van der Waals surface area contributed by atoms with Crippen molar-refractivity contribution in [3.8, 4) is 11.5 Å². The number of carbonyl (C=O) groups is 2. The maximum absolute atomic E-state index is 13.0. The van der Waals surface area contributed by atoms with E-state index in [0.717, 1.165) is 12.0 Å². The van der Waals surface area contributed by atoms with Crippen LogP contribution in [0.3, 0.4) is 0 Å². The van der Waals surface area contributed by atoms with Crippen LogP contribution < -0.4 is 14.8 Å². The Kier molecular flexibility index (Phi) is 6.71. The second kappa shape index (κ2) is 8.78. The quantitative estimate of drug-likeness (QED) is 0.891. The fourth-order valence-corrected chi connectivity index (χ4v) is 3.16. The third kappa shape index (κ3) is 4.39. The van der Waals surface area contributed by atoms with E-state index >= 15 is 0 Å². The summed E-state index contributed by atoms with van der Waals surface area (Å²) >= 11 is 0. The zero-order valence-corrected chi connectivity index (χ0v) is 16.3. The van der Waals surface area contributed by atoms with Gasteiger partial charge in [-0.15, -0.1) is 0 Å². The third-order valence-electron chi connectivity index (χ3n) is 4.49. The second-order valence-electron chi connectivity index (χ2n) is 6.71. The molecule has 1 aromatic rings. The summed E-state index contributed by atoms with van der Waals surface area (Å²) in [7, 11) is 3.15. The number of methoxy groups -OCH3 is 2. The molecule has 0 radical (unpaired) electrons. The van der Waals surface area contributed by atoms with Crippen LogP contribution in [0.15, 0.2) is 12.1 Å². The maximum atomic E-state index is 13.0. The topological polar surface area (TPSA) is 71.1 Å². The Morgan fingerprint density at radius 2 is 1.69 bits per heavy atom. The van der Waals surface area contributed by atoms with Crippen molar-refractivity contribution in [1.29, 1.82) is 0 Å². The number of benzene rings is 1. The lowest BCUT2D eigenvalue weighted by atomic mass is 10.1. The smallest absolute Gasteiger partial charge is 0.317 e. The molecule has 144 valence electrons. The molecule has 7 nitrogen and oxygen atoms in total. The molecular weight excluding hydrogens is 334 g/mol. The van der Waals surface area contributed by atoms with Crippen molar-refractivity contribution in [1.82, 2.24) is 15.1 Å². The standard InChI is InChI=1S/C19H29N3O4/c1-13(2)20-19(24)22-10-6-9-21(11-12-22)18(23)15-7-8-16(25-4)14(3)17(15)26-5/h7-8,13H,6,9-12H2,1-5H3,(H,20,24). The predicted octanol–water partition coefficient (Wildman–Crippen LogP) is 2.28. The molecular formula is C19H29N3O4. The first kappa shape index (κ1) is 19.9. The number of hydrogen-bond acceptors (Lipinski definition) is 4. The summed E-state index contributed by atoms with van der Waals surface area (Å²) in [6, 6.07) is 3.54. The van der Waals surface area contributed by atoms with Gasteiger partial charge in [-0.2, -0.15) is 0 Å². The van der Waals surface area contributed by atoms with Gasteiger partial charge in [0.05, 0.1) is 19.8 Å². The minimum absolute atomic E-state index is 0.0767. The average Bonchev–Trinajstić information content (AvgIpc) is 2.86. The number of hydrogen-bond donors (Lipinski definition) is 1. The Morgan fingerprint density at radius 3 is 2.31 bits per heavy atom. The van der Waals surface area contributed by atoms with Crippen LogP contribution in [0.1, 0.15) is 36.2 Å². The number of rotatable bonds is 4. The summed E-state index contributed by atoms with van der Waals surface area (Å²) in [5, 5.41) is 2.90. The van der Waals surface area contributed by atoms with Gasteiger partial charge in [-0.05, 0) is 39.3 Å². The molecule has 26 heavy (non-hydrogen) atoms. The molecule has 1 saturated heterocycles. The van der Waals surface area contributed by atoms with Crippen molar-refractivity contribution in [3.05, 3.63) is 23.3 Å². The summed E-state index contributed by atoms with van der Waals surface area (Å²) < 4.78 is 10.8. The first-order valence-corrected chi connectivity index (χ1v) is 8.95. The molecule has 0 atom stereocenters. The van der Waals surface area contributed by atoms with Gasteiger partial charge in [-0.25, -0.2) is 4.79 Å². The van der Waals surface area contributed by atoms with Crippen LogP contribution in [0.4, 0.5) is 4.79 Å². The van der Waals surface area contributed by atoms with Crippen LogP contribution in [-0.4, -0.2) is 68.2 Å². The van der Waals surface area contributed by atoms with Crippen LogP contribution in [0.25, 0.3) is 0 Å². The van der Waals surface area contributed by atoms with E-state index in [2.05, 4.69) is 5.32 Å². The van der Waals surface area contributed by atoms with Crippen molar-refractivity contribution >= 4 is 11.9 Å². The number of nitrogens with zero attached hydrogens (tertiary/aromatic N) is 2. The number of ether oxygens (including phenoxy) is 2. The van der Waals surface area contributed by atoms with Gasteiger partial charge in [0, 0.05) is 37.8 Å². The molecule has 1 fully saturated rings. The second-order valence-corrected chi connectivity index (χ2v) is 6.71. The molecule has 1 heterocycles. The molecule has 0 saturated carbocycles. The van der Waals surface area contributed by atoms with Crippen LogP contribution in [0, 0.1) is 6.92 Å². The SMILES string of the molecule is COc1ccc(C(=O)N2CCCN(C(=O)NC(C)C)CC2)c(OC)c1C. The van der Waals surface area contributed by atoms with Crippen molar-refractivity contribution in [3.63, 3.8) is 0 Å². The van der Waals surface area contributed by atoms with Crippen molar-refractivity contribution < 1.29 is 19.1 Å². The largest absolute Gasteiger partial charge is 0.496 e. The zero-order valence-electron chi connectivity index (χ0n) is 16.3.